The van der Waals surface area contributed by atoms with Crippen molar-refractivity contribution in [2.24, 2.45) is 5.92 Å². The van der Waals surface area contributed by atoms with Crippen LogP contribution >= 0.6 is 0 Å². The third-order valence-electron chi connectivity index (χ3n) is 5.03. The van der Waals surface area contributed by atoms with E-state index in [1.54, 1.807) is 7.05 Å². The van der Waals surface area contributed by atoms with Crippen molar-refractivity contribution >= 4 is 5.97 Å². The summed E-state index contributed by atoms with van der Waals surface area (Å²) in [6.45, 7) is 1.61. The molecule has 1 N–H and O–H groups in total. The topological polar surface area (TPSA) is 56.8 Å². The normalized spacial score (nSPS) is 20.3. The van der Waals surface area contributed by atoms with Gasteiger partial charge in [0.25, 0.3) is 0 Å². The van der Waals surface area contributed by atoms with E-state index < -0.39 is 0 Å². The van der Waals surface area contributed by atoms with Crippen LogP contribution in [0.25, 0.3) is 0 Å². The number of esters is 1. The molecule has 0 saturated carbocycles. The van der Waals surface area contributed by atoms with Gasteiger partial charge in [0.15, 0.2) is 0 Å². The summed E-state index contributed by atoms with van der Waals surface area (Å²) in [6.07, 6.45) is 2.39. The fraction of sp³-hybridized carbons (Fsp3) is 0.435. The Bertz CT molecular complexity index is 707. The number of ether oxygens (including phenoxy) is 3. The zero-order valence-corrected chi connectivity index (χ0v) is 16.4. The average Bonchev–Trinajstić information content (AvgIpc) is 2.76. The van der Waals surface area contributed by atoms with Gasteiger partial charge in [0.2, 0.25) is 0 Å². The molecule has 5 heteroatoms. The van der Waals surface area contributed by atoms with Crippen molar-refractivity contribution in [1.29, 1.82) is 0 Å². The summed E-state index contributed by atoms with van der Waals surface area (Å²) in [5, 5.41) is 3.07. The summed E-state index contributed by atoms with van der Waals surface area (Å²) in [6, 6.07) is 19.4. The zero-order chi connectivity index (χ0) is 19.6. The van der Waals surface area contributed by atoms with Crippen molar-refractivity contribution < 1.29 is 19.0 Å². The number of carbonyl (C=O) groups excluding carboxylic acids is 1. The van der Waals surface area contributed by atoms with Gasteiger partial charge in [-0.25, -0.2) is 0 Å². The molecular weight excluding hydrogens is 354 g/mol. The number of nitrogens with one attached hydrogen (secondary N) is 1. The molecule has 1 fully saturated rings. The molecule has 28 heavy (non-hydrogen) atoms. The Labute approximate surface area is 167 Å². The van der Waals surface area contributed by atoms with Crippen molar-refractivity contribution in [3.8, 4) is 5.75 Å². The number of likely N-dealkylation sites (N-methyl/N-ethyl adjacent to an activating group) is 1. The Morgan fingerprint density at radius 3 is 2.54 bits per heavy atom. The number of benzene rings is 2. The van der Waals surface area contributed by atoms with E-state index in [0.717, 1.165) is 24.2 Å². The Balaban J connectivity index is 1.42. The van der Waals surface area contributed by atoms with Gasteiger partial charge in [-0.2, -0.15) is 0 Å². The number of carbonyl (C=O) groups is 1. The van der Waals surface area contributed by atoms with E-state index in [4.69, 9.17) is 14.2 Å². The van der Waals surface area contributed by atoms with Crippen LogP contribution in [0.1, 0.15) is 18.4 Å². The highest BCUT2D eigenvalue weighted by Crippen LogP contribution is 2.22. The van der Waals surface area contributed by atoms with Crippen molar-refractivity contribution in [3.63, 3.8) is 0 Å². The van der Waals surface area contributed by atoms with Gasteiger partial charge in [0.05, 0.1) is 12.7 Å². The molecule has 2 aromatic rings. The first kappa shape index (κ1) is 20.4. The summed E-state index contributed by atoms with van der Waals surface area (Å²) < 4.78 is 17.2. The lowest BCUT2D eigenvalue weighted by molar-refractivity contribution is -0.149. The Morgan fingerprint density at radius 1 is 1.11 bits per heavy atom. The highest BCUT2D eigenvalue weighted by Gasteiger charge is 2.26. The number of hydrogen-bond acceptors (Lipinski definition) is 5. The molecule has 1 saturated heterocycles. The van der Waals surface area contributed by atoms with E-state index >= 15 is 0 Å². The maximum absolute atomic E-state index is 12.5. The lowest BCUT2D eigenvalue weighted by Crippen LogP contribution is -2.39. The van der Waals surface area contributed by atoms with Crippen LogP contribution in [0, 0.1) is 5.92 Å². The second-order valence-corrected chi connectivity index (χ2v) is 7.17. The summed E-state index contributed by atoms with van der Waals surface area (Å²) in [5.41, 5.74) is 1.11. The molecule has 1 heterocycles. The molecule has 3 atom stereocenters. The lowest BCUT2D eigenvalue weighted by atomic mass is 9.96. The number of hydrogen-bond donors (Lipinski definition) is 1. The van der Waals surface area contributed by atoms with Crippen LogP contribution in [0.3, 0.4) is 0 Å². The molecule has 0 amide bonds. The van der Waals surface area contributed by atoms with E-state index in [0.29, 0.717) is 32.2 Å². The maximum Gasteiger partial charge on any atom is 0.323 e. The molecule has 3 unspecified atom stereocenters. The van der Waals surface area contributed by atoms with Gasteiger partial charge in [0, 0.05) is 6.61 Å². The molecule has 150 valence electrons. The Morgan fingerprint density at radius 2 is 1.82 bits per heavy atom. The summed E-state index contributed by atoms with van der Waals surface area (Å²) >= 11 is 0. The first-order chi connectivity index (χ1) is 13.7. The first-order valence-corrected chi connectivity index (χ1v) is 9.92. The van der Waals surface area contributed by atoms with Gasteiger partial charge in [-0.1, -0.05) is 48.5 Å². The van der Waals surface area contributed by atoms with E-state index in [9.17, 15) is 4.79 Å². The summed E-state index contributed by atoms with van der Waals surface area (Å²) in [7, 11) is 1.79. The lowest BCUT2D eigenvalue weighted by Gasteiger charge is -2.29. The van der Waals surface area contributed by atoms with Gasteiger partial charge in [-0.05, 0) is 49.9 Å². The molecule has 0 spiro atoms. The minimum atomic E-state index is -0.334. The maximum atomic E-state index is 12.5. The second-order valence-electron chi connectivity index (χ2n) is 7.17. The molecule has 0 bridgehead atoms. The summed E-state index contributed by atoms with van der Waals surface area (Å²) in [4.78, 5) is 12.5. The quantitative estimate of drug-likeness (QED) is 0.674. The molecule has 0 aromatic heterocycles. The minimum Gasteiger partial charge on any atom is -0.491 e. The van der Waals surface area contributed by atoms with Crippen LogP contribution in [0.15, 0.2) is 60.7 Å². The predicted octanol–water partition coefficient (Wildman–Crippen LogP) is 3.23. The van der Waals surface area contributed by atoms with Gasteiger partial charge in [-0.15, -0.1) is 0 Å². The smallest absolute Gasteiger partial charge is 0.323 e. The standard InChI is InChI=1S/C23H29NO4/c1-24-22(15-18-8-4-2-5-9-18)23(25)28-16-19-12-13-26-21(14-19)17-27-20-10-6-3-7-11-20/h2-11,19,21-22,24H,12-17H2,1H3. The van der Waals surface area contributed by atoms with Crippen LogP contribution in [-0.4, -0.2) is 45.0 Å². The molecule has 0 aliphatic carbocycles. The van der Waals surface area contributed by atoms with Crippen LogP contribution in [0.2, 0.25) is 0 Å². The van der Waals surface area contributed by atoms with Crippen molar-refractivity contribution in [2.45, 2.75) is 31.4 Å². The van der Waals surface area contributed by atoms with E-state index in [1.807, 2.05) is 60.7 Å². The van der Waals surface area contributed by atoms with Gasteiger partial charge >= 0.3 is 5.97 Å². The highest BCUT2D eigenvalue weighted by atomic mass is 16.5. The predicted molar refractivity (Wildman–Crippen MR) is 108 cm³/mol. The molecule has 2 aromatic carbocycles. The largest absolute Gasteiger partial charge is 0.491 e. The van der Waals surface area contributed by atoms with Crippen LogP contribution in [0.5, 0.6) is 5.75 Å². The fourth-order valence-electron chi connectivity index (χ4n) is 3.39. The van der Waals surface area contributed by atoms with Crippen molar-refractivity contribution in [2.75, 3.05) is 26.9 Å². The third kappa shape index (κ3) is 6.36. The average molecular weight is 383 g/mol. The van der Waals surface area contributed by atoms with E-state index in [1.165, 1.54) is 0 Å². The number of para-hydroxylation sites is 1. The van der Waals surface area contributed by atoms with Crippen LogP contribution < -0.4 is 10.1 Å². The van der Waals surface area contributed by atoms with Gasteiger partial charge < -0.3 is 19.5 Å². The van der Waals surface area contributed by atoms with Gasteiger partial charge in [0.1, 0.15) is 18.4 Å². The Kier molecular flexibility index (Phi) is 7.88. The Hall–Kier alpha value is -2.37. The monoisotopic (exact) mass is 383 g/mol. The third-order valence-corrected chi connectivity index (χ3v) is 5.03. The highest BCUT2D eigenvalue weighted by molar-refractivity contribution is 5.76. The second kappa shape index (κ2) is 10.8. The number of rotatable bonds is 9. The zero-order valence-electron chi connectivity index (χ0n) is 16.4. The minimum absolute atomic E-state index is 0.0297. The molecule has 1 aliphatic rings. The molecule has 3 rings (SSSR count). The molecule has 0 radical (unpaired) electrons. The first-order valence-electron chi connectivity index (χ1n) is 9.92. The molecular formula is C23H29NO4. The molecule has 5 nitrogen and oxygen atoms in total. The van der Waals surface area contributed by atoms with Crippen LogP contribution in [-0.2, 0) is 20.7 Å². The SMILES string of the molecule is CNC(Cc1ccccc1)C(=O)OCC1CCOC(COc2ccccc2)C1. The summed E-state index contributed by atoms with van der Waals surface area (Å²) in [5.74, 6) is 0.948. The van der Waals surface area contributed by atoms with Crippen molar-refractivity contribution in [1.82, 2.24) is 5.32 Å². The van der Waals surface area contributed by atoms with Crippen molar-refractivity contribution in [3.05, 3.63) is 66.2 Å². The molecule has 1 aliphatic heterocycles. The van der Waals surface area contributed by atoms with E-state index in [2.05, 4.69) is 5.32 Å². The fourth-order valence-corrected chi connectivity index (χ4v) is 3.39. The van der Waals surface area contributed by atoms with Gasteiger partial charge in [-0.3, -0.25) is 4.79 Å². The van der Waals surface area contributed by atoms with Crippen LogP contribution in [0.4, 0.5) is 0 Å². The van der Waals surface area contributed by atoms with E-state index in [-0.39, 0.29) is 18.1 Å².